The molecule has 168 valence electrons. The van der Waals surface area contributed by atoms with Gasteiger partial charge in [0, 0.05) is 41.2 Å². The van der Waals surface area contributed by atoms with Gasteiger partial charge in [-0.3, -0.25) is 4.79 Å². The summed E-state index contributed by atoms with van der Waals surface area (Å²) in [6.45, 7) is 1.96. The van der Waals surface area contributed by atoms with Gasteiger partial charge < -0.3 is 19.5 Å². The Balaban J connectivity index is 1.82. The number of rotatable bonds is 7. The highest BCUT2D eigenvalue weighted by Crippen LogP contribution is 2.36. The van der Waals surface area contributed by atoms with Gasteiger partial charge in [-0.25, -0.2) is 15.0 Å². The molecule has 0 atom stereocenters. The molecular formula is C25H24N4O4. The second-order valence-corrected chi connectivity index (χ2v) is 7.37. The lowest BCUT2D eigenvalue weighted by Gasteiger charge is -2.13. The number of carbonyl (C=O) groups is 1. The molecule has 0 fully saturated rings. The third-order valence-electron chi connectivity index (χ3n) is 5.26. The Morgan fingerprint density at radius 1 is 0.909 bits per heavy atom. The number of hydrogen-bond acceptors (Lipinski definition) is 7. The smallest absolute Gasteiger partial charge is 0.256 e. The largest absolute Gasteiger partial charge is 0.491 e. The van der Waals surface area contributed by atoms with Crippen LogP contribution in [0.5, 0.6) is 11.6 Å². The average Bonchev–Trinajstić information content (AvgIpc) is 2.84. The van der Waals surface area contributed by atoms with Gasteiger partial charge in [0.1, 0.15) is 12.9 Å². The van der Waals surface area contributed by atoms with Crippen molar-refractivity contribution in [1.82, 2.24) is 15.0 Å². The van der Waals surface area contributed by atoms with Crippen molar-refractivity contribution in [2.75, 3.05) is 33.3 Å². The maximum absolute atomic E-state index is 11.8. The Morgan fingerprint density at radius 2 is 1.70 bits per heavy atom. The molecular weight excluding hydrogens is 420 g/mol. The summed E-state index contributed by atoms with van der Waals surface area (Å²) < 4.78 is 15.6. The number of carbonyl (C=O) groups excluding carboxylic acids is 1. The zero-order valence-electron chi connectivity index (χ0n) is 18.9. The Hall–Kier alpha value is -4.04. The third kappa shape index (κ3) is 4.61. The minimum Gasteiger partial charge on any atom is -0.491 e. The van der Waals surface area contributed by atoms with E-state index in [0.717, 1.165) is 38.9 Å². The Morgan fingerprint density at radius 3 is 2.39 bits per heavy atom. The van der Waals surface area contributed by atoms with Crippen LogP contribution in [0.3, 0.4) is 0 Å². The molecule has 8 nitrogen and oxygen atoms in total. The summed E-state index contributed by atoms with van der Waals surface area (Å²) in [6, 6.07) is 13.6. The van der Waals surface area contributed by atoms with Crippen molar-refractivity contribution in [3.63, 3.8) is 0 Å². The predicted octanol–water partition coefficient (Wildman–Crippen LogP) is 4.27. The van der Waals surface area contributed by atoms with Crippen LogP contribution < -0.4 is 14.8 Å². The van der Waals surface area contributed by atoms with Gasteiger partial charge in [-0.2, -0.15) is 0 Å². The average molecular weight is 444 g/mol. The molecule has 0 spiro atoms. The molecule has 33 heavy (non-hydrogen) atoms. The van der Waals surface area contributed by atoms with Crippen molar-refractivity contribution in [2.24, 2.45) is 0 Å². The number of aromatic nitrogens is 3. The highest BCUT2D eigenvalue weighted by Gasteiger charge is 2.14. The number of ether oxygens (including phenoxy) is 3. The fourth-order valence-corrected chi connectivity index (χ4v) is 3.63. The number of pyridine rings is 1. The molecule has 0 bridgehead atoms. The van der Waals surface area contributed by atoms with E-state index in [0.29, 0.717) is 17.3 Å². The van der Waals surface area contributed by atoms with Crippen LogP contribution in [0.2, 0.25) is 0 Å². The quantitative estimate of drug-likeness (QED) is 0.455. The molecule has 2 heterocycles. The molecule has 0 unspecified atom stereocenters. The molecule has 8 heteroatoms. The van der Waals surface area contributed by atoms with Gasteiger partial charge in [0.15, 0.2) is 5.75 Å². The van der Waals surface area contributed by atoms with Gasteiger partial charge in [0.25, 0.3) is 5.88 Å². The highest BCUT2D eigenvalue weighted by molar-refractivity contribution is 5.99. The summed E-state index contributed by atoms with van der Waals surface area (Å²) in [5.74, 6) is 0.767. The topological polar surface area (TPSA) is 95.5 Å². The van der Waals surface area contributed by atoms with E-state index in [1.807, 2.05) is 37.3 Å². The molecule has 0 radical (unpaired) electrons. The first-order valence-corrected chi connectivity index (χ1v) is 10.3. The van der Waals surface area contributed by atoms with Gasteiger partial charge in [-0.15, -0.1) is 0 Å². The summed E-state index contributed by atoms with van der Waals surface area (Å²) >= 11 is 0. The molecule has 1 N–H and O–H groups in total. The number of amides is 1. The molecule has 0 aliphatic carbocycles. The monoisotopic (exact) mass is 444 g/mol. The maximum Gasteiger partial charge on any atom is 0.256 e. The second kappa shape index (κ2) is 9.62. The number of fused-ring (bicyclic) bond motifs is 1. The zero-order chi connectivity index (χ0) is 23.4. The van der Waals surface area contributed by atoms with Gasteiger partial charge in [-0.05, 0) is 48.4 Å². The summed E-state index contributed by atoms with van der Waals surface area (Å²) in [7, 11) is 4.62. The fourth-order valence-electron chi connectivity index (χ4n) is 3.63. The van der Waals surface area contributed by atoms with Crippen molar-refractivity contribution in [1.29, 1.82) is 0 Å². The molecule has 0 aliphatic rings. The molecule has 0 saturated heterocycles. The number of benzene rings is 2. The van der Waals surface area contributed by atoms with Gasteiger partial charge in [-0.1, -0.05) is 12.1 Å². The van der Waals surface area contributed by atoms with E-state index < -0.39 is 0 Å². The molecule has 2 aromatic carbocycles. The van der Waals surface area contributed by atoms with Crippen LogP contribution in [-0.4, -0.2) is 48.8 Å². The van der Waals surface area contributed by atoms with Crippen molar-refractivity contribution in [2.45, 2.75) is 6.92 Å². The first-order chi connectivity index (χ1) is 16.0. The van der Waals surface area contributed by atoms with E-state index in [1.54, 1.807) is 26.7 Å². The van der Waals surface area contributed by atoms with Crippen molar-refractivity contribution < 1.29 is 19.0 Å². The van der Waals surface area contributed by atoms with Crippen LogP contribution >= 0.6 is 0 Å². The number of anilines is 1. The highest BCUT2D eigenvalue weighted by atomic mass is 16.5. The van der Waals surface area contributed by atoms with E-state index in [1.165, 1.54) is 7.11 Å². The van der Waals surface area contributed by atoms with Crippen molar-refractivity contribution in [3.8, 4) is 33.9 Å². The van der Waals surface area contributed by atoms with Crippen LogP contribution in [0.1, 0.15) is 5.69 Å². The van der Waals surface area contributed by atoms with Crippen LogP contribution in [0.15, 0.2) is 55.0 Å². The first-order valence-electron chi connectivity index (χ1n) is 10.3. The van der Waals surface area contributed by atoms with Crippen molar-refractivity contribution in [3.05, 3.63) is 60.7 Å². The van der Waals surface area contributed by atoms with Crippen LogP contribution in [0.25, 0.3) is 33.2 Å². The van der Waals surface area contributed by atoms with Gasteiger partial charge in [0.05, 0.1) is 19.7 Å². The molecule has 0 saturated carbocycles. The van der Waals surface area contributed by atoms with Gasteiger partial charge in [0.2, 0.25) is 5.91 Å². The zero-order valence-corrected chi connectivity index (χ0v) is 18.9. The van der Waals surface area contributed by atoms with E-state index in [9.17, 15) is 4.79 Å². The summed E-state index contributed by atoms with van der Waals surface area (Å²) in [4.78, 5) is 25.1. The molecule has 1 amide bonds. The number of nitrogens with one attached hydrogen (secondary N) is 1. The van der Waals surface area contributed by atoms with Crippen LogP contribution in [-0.2, 0) is 9.53 Å². The summed E-state index contributed by atoms with van der Waals surface area (Å²) in [5.41, 5.74) is 6.13. The Bertz CT molecular complexity index is 1310. The van der Waals surface area contributed by atoms with Crippen molar-refractivity contribution >= 4 is 22.5 Å². The van der Waals surface area contributed by atoms with E-state index in [2.05, 4.69) is 32.4 Å². The third-order valence-corrected chi connectivity index (χ3v) is 5.26. The molecule has 2 aromatic heterocycles. The van der Waals surface area contributed by atoms with Gasteiger partial charge >= 0.3 is 0 Å². The lowest BCUT2D eigenvalue weighted by atomic mass is 9.95. The normalized spacial score (nSPS) is 10.8. The van der Waals surface area contributed by atoms with Crippen LogP contribution in [0.4, 0.5) is 5.69 Å². The number of methoxy groups -OCH3 is 3. The Labute approximate surface area is 191 Å². The second-order valence-electron chi connectivity index (χ2n) is 7.37. The minimum absolute atomic E-state index is 0.00396. The molecule has 4 aromatic rings. The van der Waals surface area contributed by atoms with E-state index >= 15 is 0 Å². The predicted molar refractivity (Wildman–Crippen MR) is 127 cm³/mol. The van der Waals surface area contributed by atoms with Crippen LogP contribution in [0, 0.1) is 6.92 Å². The minimum atomic E-state index is -0.206. The number of hydrogen-bond donors (Lipinski definition) is 1. The summed E-state index contributed by atoms with van der Waals surface area (Å²) in [6.07, 6.45) is 3.32. The standard InChI is InChI=1S/C25H24N4O4/c1-15-20-9-17(18-11-22(32-3)25(33-4)26-12-18)10-21(24(20)28-14-27-15)16-5-7-19(8-6-16)29-23(30)13-31-2/h5-12,14H,13H2,1-4H3,(H,29,30). The molecule has 4 rings (SSSR count). The summed E-state index contributed by atoms with van der Waals surface area (Å²) in [5, 5.41) is 3.75. The molecule has 0 aliphatic heterocycles. The first kappa shape index (κ1) is 22.2. The maximum atomic E-state index is 11.8. The fraction of sp³-hybridized carbons (Fsp3) is 0.200. The number of nitrogens with zero attached hydrogens (tertiary/aromatic N) is 3. The number of aryl methyl sites for hydroxylation is 1. The SMILES string of the molecule is COCC(=O)Nc1ccc(-c2cc(-c3cnc(OC)c(OC)c3)cc3c(C)ncnc23)cc1. The van der Waals surface area contributed by atoms with E-state index in [-0.39, 0.29) is 12.5 Å². The lowest BCUT2D eigenvalue weighted by molar-refractivity contribution is -0.119. The Kier molecular flexibility index (Phi) is 6.46. The van der Waals surface area contributed by atoms with E-state index in [4.69, 9.17) is 14.2 Å². The lowest BCUT2D eigenvalue weighted by Crippen LogP contribution is -2.16.